The number of benzene rings is 1. The molecule has 0 spiro atoms. The molecule has 142 valence electrons. The lowest BCUT2D eigenvalue weighted by atomic mass is 10.0. The molecule has 4 rings (SSSR count). The molecular weight excluding hydrogens is 344 g/mol. The standard InChI is InChI=1S/C21H24N2O4/c1-12(2)18-17(13-7-4-3-5-8-13)22-19(27-18)16-9-6-10-23(16)20(24)14-11-15(14)21(25)26/h3-5,7-8,12,14-16H,6,9-11H2,1-2H3,(H,25,26). The van der Waals surface area contributed by atoms with Gasteiger partial charge in [-0.15, -0.1) is 0 Å². The van der Waals surface area contributed by atoms with Crippen molar-refractivity contribution < 1.29 is 19.1 Å². The molecule has 1 amide bonds. The average Bonchev–Trinajstić information content (AvgIpc) is 3.11. The third-order valence-corrected chi connectivity index (χ3v) is 5.49. The summed E-state index contributed by atoms with van der Waals surface area (Å²) in [5.74, 6) is -0.317. The first-order valence-electron chi connectivity index (χ1n) is 9.56. The monoisotopic (exact) mass is 368 g/mol. The van der Waals surface area contributed by atoms with Gasteiger partial charge in [0.2, 0.25) is 11.8 Å². The first kappa shape index (κ1) is 17.8. The Hall–Kier alpha value is -2.63. The number of hydrogen-bond acceptors (Lipinski definition) is 4. The molecule has 1 aromatic heterocycles. The molecule has 3 unspecified atom stereocenters. The average molecular weight is 368 g/mol. The number of rotatable bonds is 5. The molecule has 6 heteroatoms. The number of carboxylic acid groups (broad SMARTS) is 1. The van der Waals surface area contributed by atoms with E-state index < -0.39 is 17.8 Å². The predicted molar refractivity (Wildman–Crippen MR) is 98.9 cm³/mol. The van der Waals surface area contributed by atoms with Crippen molar-refractivity contribution in [1.82, 2.24) is 9.88 Å². The van der Waals surface area contributed by atoms with Gasteiger partial charge in [0.25, 0.3) is 0 Å². The second kappa shape index (κ2) is 6.83. The number of hydrogen-bond donors (Lipinski definition) is 1. The van der Waals surface area contributed by atoms with Crippen molar-refractivity contribution in [2.75, 3.05) is 6.54 Å². The maximum absolute atomic E-state index is 12.8. The molecule has 1 saturated heterocycles. The minimum Gasteiger partial charge on any atom is -0.481 e. The summed E-state index contributed by atoms with van der Waals surface area (Å²) >= 11 is 0. The highest BCUT2D eigenvalue weighted by atomic mass is 16.4. The zero-order chi connectivity index (χ0) is 19.1. The van der Waals surface area contributed by atoms with E-state index in [4.69, 9.17) is 14.5 Å². The van der Waals surface area contributed by atoms with E-state index in [-0.39, 0.29) is 17.9 Å². The predicted octanol–water partition coefficient (Wildman–Crippen LogP) is 3.85. The maximum Gasteiger partial charge on any atom is 0.307 e. The van der Waals surface area contributed by atoms with E-state index in [1.807, 2.05) is 30.3 Å². The van der Waals surface area contributed by atoms with Crippen molar-refractivity contribution in [1.29, 1.82) is 0 Å². The van der Waals surface area contributed by atoms with E-state index in [1.165, 1.54) is 0 Å². The summed E-state index contributed by atoms with van der Waals surface area (Å²) in [6.45, 7) is 4.76. The van der Waals surface area contributed by atoms with E-state index in [1.54, 1.807) is 4.90 Å². The molecule has 2 aromatic rings. The number of nitrogens with zero attached hydrogens (tertiary/aromatic N) is 2. The zero-order valence-electron chi connectivity index (χ0n) is 15.6. The fraction of sp³-hybridized carbons (Fsp3) is 0.476. The number of aliphatic carboxylic acids is 1. The fourth-order valence-corrected chi connectivity index (χ4v) is 3.93. The summed E-state index contributed by atoms with van der Waals surface area (Å²) in [6.07, 6.45) is 2.11. The van der Waals surface area contributed by atoms with Gasteiger partial charge in [0.1, 0.15) is 17.5 Å². The highest BCUT2D eigenvalue weighted by molar-refractivity contribution is 5.89. The lowest BCUT2D eigenvalue weighted by molar-refractivity contribution is -0.142. The van der Waals surface area contributed by atoms with Crippen LogP contribution in [0.3, 0.4) is 0 Å². The van der Waals surface area contributed by atoms with Gasteiger partial charge in [0.15, 0.2) is 0 Å². The van der Waals surface area contributed by atoms with E-state index in [9.17, 15) is 9.59 Å². The highest BCUT2D eigenvalue weighted by Gasteiger charge is 2.51. The number of likely N-dealkylation sites (tertiary alicyclic amines) is 1. The normalized spacial score (nSPS) is 24.4. The molecule has 0 bridgehead atoms. The Morgan fingerprint density at radius 1 is 1.22 bits per heavy atom. The lowest BCUT2D eigenvalue weighted by Gasteiger charge is -2.22. The van der Waals surface area contributed by atoms with Gasteiger partial charge in [0, 0.05) is 18.0 Å². The van der Waals surface area contributed by atoms with E-state index in [0.29, 0.717) is 18.9 Å². The van der Waals surface area contributed by atoms with Crippen LogP contribution in [0.15, 0.2) is 34.7 Å². The number of carbonyl (C=O) groups is 2. The van der Waals surface area contributed by atoms with Crippen molar-refractivity contribution >= 4 is 11.9 Å². The van der Waals surface area contributed by atoms with Crippen LogP contribution in [0.4, 0.5) is 0 Å². The Kier molecular flexibility index (Phi) is 4.50. The van der Waals surface area contributed by atoms with Crippen LogP contribution in [0.2, 0.25) is 0 Å². The molecule has 1 saturated carbocycles. The van der Waals surface area contributed by atoms with Crippen molar-refractivity contribution in [2.24, 2.45) is 11.8 Å². The molecule has 2 heterocycles. The van der Waals surface area contributed by atoms with Gasteiger partial charge in [-0.25, -0.2) is 4.98 Å². The molecule has 6 nitrogen and oxygen atoms in total. The molecule has 1 aromatic carbocycles. The van der Waals surface area contributed by atoms with Crippen molar-refractivity contribution in [3.05, 3.63) is 42.0 Å². The summed E-state index contributed by atoms with van der Waals surface area (Å²) in [5, 5.41) is 9.12. The number of carbonyl (C=O) groups excluding carboxylic acids is 1. The minimum atomic E-state index is -0.881. The molecular formula is C21H24N2O4. The Morgan fingerprint density at radius 3 is 2.59 bits per heavy atom. The largest absolute Gasteiger partial charge is 0.481 e. The van der Waals surface area contributed by atoms with Crippen LogP contribution in [-0.4, -0.2) is 33.4 Å². The van der Waals surface area contributed by atoms with E-state index in [0.717, 1.165) is 29.9 Å². The Morgan fingerprint density at radius 2 is 1.96 bits per heavy atom. The van der Waals surface area contributed by atoms with Crippen LogP contribution < -0.4 is 0 Å². The van der Waals surface area contributed by atoms with Gasteiger partial charge in [-0.2, -0.15) is 0 Å². The van der Waals surface area contributed by atoms with Crippen LogP contribution in [-0.2, 0) is 9.59 Å². The number of carboxylic acids is 1. The molecule has 2 fully saturated rings. The van der Waals surface area contributed by atoms with Crippen molar-refractivity contribution in [2.45, 2.75) is 45.1 Å². The topological polar surface area (TPSA) is 83.6 Å². The summed E-state index contributed by atoms with van der Waals surface area (Å²) in [6, 6.07) is 9.71. The van der Waals surface area contributed by atoms with Crippen LogP contribution in [0.1, 0.15) is 56.7 Å². The van der Waals surface area contributed by atoms with Gasteiger partial charge in [0.05, 0.1) is 11.8 Å². The summed E-state index contributed by atoms with van der Waals surface area (Å²) in [4.78, 5) is 30.5. The van der Waals surface area contributed by atoms with Gasteiger partial charge in [-0.05, 0) is 19.3 Å². The van der Waals surface area contributed by atoms with Crippen molar-refractivity contribution in [3.63, 3.8) is 0 Å². The summed E-state index contributed by atoms with van der Waals surface area (Å²) in [5.41, 5.74) is 1.83. The molecule has 3 atom stereocenters. The smallest absolute Gasteiger partial charge is 0.307 e. The molecule has 1 N–H and O–H groups in total. The molecule has 27 heavy (non-hydrogen) atoms. The fourth-order valence-electron chi connectivity index (χ4n) is 3.93. The van der Waals surface area contributed by atoms with Crippen LogP contribution in [0.25, 0.3) is 11.3 Å². The van der Waals surface area contributed by atoms with E-state index >= 15 is 0 Å². The molecule has 1 aliphatic carbocycles. The quantitative estimate of drug-likeness (QED) is 0.867. The summed E-state index contributed by atoms with van der Waals surface area (Å²) in [7, 11) is 0. The maximum atomic E-state index is 12.8. The van der Waals surface area contributed by atoms with Gasteiger partial charge >= 0.3 is 5.97 Å². The van der Waals surface area contributed by atoms with Gasteiger partial charge in [-0.3, -0.25) is 9.59 Å². The Balaban J connectivity index is 1.63. The second-order valence-corrected chi connectivity index (χ2v) is 7.76. The van der Waals surface area contributed by atoms with Gasteiger partial charge < -0.3 is 14.4 Å². The third kappa shape index (κ3) is 3.24. The van der Waals surface area contributed by atoms with Crippen molar-refractivity contribution in [3.8, 4) is 11.3 Å². The molecule has 1 aliphatic heterocycles. The minimum absolute atomic E-state index is 0.0736. The van der Waals surface area contributed by atoms with Crippen LogP contribution in [0, 0.1) is 11.8 Å². The Bertz CT molecular complexity index is 858. The third-order valence-electron chi connectivity index (χ3n) is 5.49. The molecule has 0 radical (unpaired) electrons. The zero-order valence-corrected chi connectivity index (χ0v) is 15.6. The van der Waals surface area contributed by atoms with Crippen LogP contribution >= 0.6 is 0 Å². The van der Waals surface area contributed by atoms with Gasteiger partial charge in [-0.1, -0.05) is 44.2 Å². The summed E-state index contributed by atoms with van der Waals surface area (Å²) < 4.78 is 6.15. The highest BCUT2D eigenvalue weighted by Crippen LogP contribution is 2.44. The second-order valence-electron chi connectivity index (χ2n) is 7.76. The van der Waals surface area contributed by atoms with E-state index in [2.05, 4.69) is 13.8 Å². The molecule has 2 aliphatic rings. The number of oxazole rings is 1. The first-order chi connectivity index (χ1) is 13.0. The number of aromatic nitrogens is 1. The number of amides is 1. The lowest BCUT2D eigenvalue weighted by Crippen LogP contribution is -2.32. The first-order valence-corrected chi connectivity index (χ1v) is 9.56. The van der Waals surface area contributed by atoms with Crippen LogP contribution in [0.5, 0.6) is 0 Å². The Labute approximate surface area is 158 Å². The SMILES string of the molecule is CC(C)c1oc(C2CCCN2C(=O)C2CC2C(=O)O)nc1-c1ccccc1.